The molecule has 1 aromatic heterocycles. The van der Waals surface area contributed by atoms with Gasteiger partial charge in [-0.25, -0.2) is 4.99 Å². The molecule has 1 aliphatic heterocycles. The third-order valence-electron chi connectivity index (χ3n) is 3.46. The van der Waals surface area contributed by atoms with Gasteiger partial charge in [-0.3, -0.25) is 9.69 Å². The summed E-state index contributed by atoms with van der Waals surface area (Å²) < 4.78 is 0. The Balaban J connectivity index is 1.97. The number of aromatic nitrogens is 1. The lowest BCUT2D eigenvalue weighted by Crippen LogP contribution is -2.29. The minimum absolute atomic E-state index is 0.0934. The standard InChI is InChI=1S/C18H17N3O2S/c1-3-9-21-17(23)16(11-13-5-4-8-19-13)24-18(21)20-14-7-6-12(2)10-15(14)22/h3-8,10-11,19,22H,1,9H2,2H3/b16-11-,20-18?. The fourth-order valence-electron chi connectivity index (χ4n) is 2.29. The quantitative estimate of drug-likeness (QED) is 0.657. The number of benzene rings is 1. The molecule has 2 aromatic rings. The van der Waals surface area contributed by atoms with Gasteiger partial charge >= 0.3 is 0 Å². The predicted molar refractivity (Wildman–Crippen MR) is 98.2 cm³/mol. The summed E-state index contributed by atoms with van der Waals surface area (Å²) in [6, 6.07) is 9.01. The lowest BCUT2D eigenvalue weighted by molar-refractivity contribution is -0.121. The van der Waals surface area contributed by atoms with Gasteiger partial charge in [-0.05, 0) is 54.6 Å². The highest BCUT2D eigenvalue weighted by atomic mass is 32.2. The van der Waals surface area contributed by atoms with E-state index in [-0.39, 0.29) is 11.7 Å². The Labute approximate surface area is 144 Å². The first-order valence-electron chi connectivity index (χ1n) is 7.42. The molecular formula is C18H17N3O2S. The molecule has 0 unspecified atom stereocenters. The first-order chi connectivity index (χ1) is 11.6. The molecule has 122 valence electrons. The van der Waals surface area contributed by atoms with Gasteiger partial charge in [-0.1, -0.05) is 12.1 Å². The van der Waals surface area contributed by atoms with Crippen molar-refractivity contribution in [3.8, 4) is 5.75 Å². The Morgan fingerprint density at radius 2 is 2.25 bits per heavy atom. The highest BCUT2D eigenvalue weighted by Gasteiger charge is 2.32. The second-order valence-electron chi connectivity index (χ2n) is 5.33. The highest BCUT2D eigenvalue weighted by Crippen LogP contribution is 2.36. The van der Waals surface area contributed by atoms with Crippen LogP contribution in [-0.2, 0) is 4.79 Å². The first-order valence-corrected chi connectivity index (χ1v) is 8.24. The number of nitrogens with zero attached hydrogens (tertiary/aromatic N) is 2. The van der Waals surface area contributed by atoms with Gasteiger partial charge in [0, 0.05) is 18.4 Å². The number of phenolic OH excluding ortho intramolecular Hbond substituents is 1. The van der Waals surface area contributed by atoms with E-state index >= 15 is 0 Å². The van der Waals surface area contributed by atoms with Gasteiger partial charge in [-0.2, -0.15) is 0 Å². The summed E-state index contributed by atoms with van der Waals surface area (Å²) in [6.45, 7) is 5.95. The van der Waals surface area contributed by atoms with Crippen molar-refractivity contribution in [3.63, 3.8) is 0 Å². The van der Waals surface area contributed by atoms with Crippen LogP contribution in [0.2, 0.25) is 0 Å². The van der Waals surface area contributed by atoms with E-state index < -0.39 is 0 Å². The van der Waals surface area contributed by atoms with E-state index in [1.54, 1.807) is 35.4 Å². The number of hydrogen-bond donors (Lipinski definition) is 2. The number of carbonyl (C=O) groups is 1. The molecule has 0 atom stereocenters. The van der Waals surface area contributed by atoms with Crippen molar-refractivity contribution in [3.05, 3.63) is 65.3 Å². The van der Waals surface area contributed by atoms with Crippen molar-refractivity contribution in [2.75, 3.05) is 6.54 Å². The van der Waals surface area contributed by atoms with Gasteiger partial charge in [0.05, 0.1) is 4.91 Å². The third kappa shape index (κ3) is 3.28. The van der Waals surface area contributed by atoms with Gasteiger partial charge in [0.15, 0.2) is 5.17 Å². The maximum Gasteiger partial charge on any atom is 0.267 e. The number of nitrogens with one attached hydrogen (secondary N) is 1. The Morgan fingerprint density at radius 3 is 2.92 bits per heavy atom. The minimum atomic E-state index is -0.125. The summed E-state index contributed by atoms with van der Waals surface area (Å²) in [5.74, 6) is -0.0317. The molecule has 0 aliphatic carbocycles. The van der Waals surface area contributed by atoms with Gasteiger partial charge in [0.2, 0.25) is 0 Å². The summed E-state index contributed by atoms with van der Waals surface area (Å²) in [6.07, 6.45) is 5.25. The van der Waals surface area contributed by atoms with Crippen LogP contribution in [0.15, 0.2) is 59.1 Å². The molecule has 24 heavy (non-hydrogen) atoms. The van der Waals surface area contributed by atoms with Crippen molar-refractivity contribution < 1.29 is 9.90 Å². The lowest BCUT2D eigenvalue weighted by Gasteiger charge is -2.12. The number of aryl methyl sites for hydroxylation is 1. The van der Waals surface area contributed by atoms with Gasteiger partial charge in [-0.15, -0.1) is 6.58 Å². The Hall–Kier alpha value is -2.73. The minimum Gasteiger partial charge on any atom is -0.506 e. The van der Waals surface area contributed by atoms with E-state index in [0.29, 0.717) is 22.3 Å². The van der Waals surface area contributed by atoms with E-state index in [1.807, 2.05) is 25.1 Å². The van der Waals surface area contributed by atoms with Crippen LogP contribution < -0.4 is 0 Å². The summed E-state index contributed by atoms with van der Waals surface area (Å²) in [7, 11) is 0. The molecule has 3 rings (SSSR count). The summed E-state index contributed by atoms with van der Waals surface area (Å²) in [5.41, 5.74) is 2.23. The molecule has 1 aromatic carbocycles. The average molecular weight is 339 g/mol. The highest BCUT2D eigenvalue weighted by molar-refractivity contribution is 8.18. The third-order valence-corrected chi connectivity index (χ3v) is 4.46. The van der Waals surface area contributed by atoms with Crippen molar-refractivity contribution in [2.45, 2.75) is 6.92 Å². The maximum atomic E-state index is 12.6. The molecular weight excluding hydrogens is 322 g/mol. The molecule has 2 N–H and O–H groups in total. The Bertz CT molecular complexity index is 838. The number of aromatic amines is 1. The monoisotopic (exact) mass is 339 g/mol. The summed E-state index contributed by atoms with van der Waals surface area (Å²) in [4.78, 5) is 22.2. The summed E-state index contributed by atoms with van der Waals surface area (Å²) >= 11 is 1.28. The number of H-pyrrole nitrogens is 1. The van der Waals surface area contributed by atoms with Crippen molar-refractivity contribution in [1.29, 1.82) is 0 Å². The van der Waals surface area contributed by atoms with Crippen LogP contribution in [0, 0.1) is 6.92 Å². The molecule has 0 bridgehead atoms. The molecule has 5 nitrogen and oxygen atoms in total. The molecule has 6 heteroatoms. The summed E-state index contributed by atoms with van der Waals surface area (Å²) in [5, 5.41) is 10.6. The fraction of sp³-hybridized carbons (Fsp3) is 0.111. The van der Waals surface area contributed by atoms with Crippen molar-refractivity contribution in [1.82, 2.24) is 9.88 Å². The van der Waals surface area contributed by atoms with Crippen LogP contribution >= 0.6 is 11.8 Å². The smallest absolute Gasteiger partial charge is 0.267 e. The van der Waals surface area contributed by atoms with Crippen LogP contribution in [0.5, 0.6) is 5.75 Å². The zero-order chi connectivity index (χ0) is 17.1. The van der Waals surface area contributed by atoms with E-state index in [9.17, 15) is 9.90 Å². The molecule has 1 fully saturated rings. The van der Waals surface area contributed by atoms with E-state index in [0.717, 1.165) is 11.3 Å². The number of rotatable bonds is 4. The second kappa shape index (κ2) is 6.80. The van der Waals surface area contributed by atoms with E-state index in [2.05, 4.69) is 16.6 Å². The number of thioether (sulfide) groups is 1. The van der Waals surface area contributed by atoms with Crippen LogP contribution in [0.25, 0.3) is 6.08 Å². The number of hydrogen-bond acceptors (Lipinski definition) is 4. The van der Waals surface area contributed by atoms with Crippen molar-refractivity contribution >= 4 is 34.6 Å². The van der Waals surface area contributed by atoms with E-state index in [4.69, 9.17) is 0 Å². The van der Waals surface area contributed by atoms with Crippen molar-refractivity contribution in [2.24, 2.45) is 4.99 Å². The molecule has 0 saturated carbocycles. The number of amidine groups is 1. The second-order valence-corrected chi connectivity index (χ2v) is 6.34. The SMILES string of the molecule is C=CCN1C(=O)/C(=C/c2ccc[nH]2)SC1=Nc1ccc(C)cc1O. The molecule has 0 radical (unpaired) electrons. The number of carbonyl (C=O) groups excluding carboxylic acids is 1. The van der Waals surface area contributed by atoms with Gasteiger partial charge < -0.3 is 10.1 Å². The van der Waals surface area contributed by atoms with E-state index in [1.165, 1.54) is 11.8 Å². The van der Waals surface area contributed by atoms with Crippen LogP contribution in [0.4, 0.5) is 5.69 Å². The zero-order valence-corrected chi connectivity index (χ0v) is 14.0. The molecule has 1 aliphatic rings. The average Bonchev–Trinajstić information content (AvgIpc) is 3.15. The Morgan fingerprint density at radius 1 is 1.42 bits per heavy atom. The number of phenols is 1. The number of aromatic hydroxyl groups is 1. The molecule has 1 saturated heterocycles. The van der Waals surface area contributed by atoms with Crippen LogP contribution in [-0.4, -0.2) is 32.6 Å². The molecule has 1 amide bonds. The number of amides is 1. The topological polar surface area (TPSA) is 68.7 Å². The zero-order valence-electron chi connectivity index (χ0n) is 13.2. The van der Waals surface area contributed by atoms with Crippen LogP contribution in [0.3, 0.4) is 0 Å². The largest absolute Gasteiger partial charge is 0.506 e. The normalized spacial score (nSPS) is 17.9. The maximum absolute atomic E-state index is 12.6. The molecule has 0 spiro atoms. The lowest BCUT2D eigenvalue weighted by atomic mass is 10.2. The Kier molecular flexibility index (Phi) is 4.57. The molecule has 2 heterocycles. The first kappa shape index (κ1) is 16.1. The van der Waals surface area contributed by atoms with Gasteiger partial charge in [0.1, 0.15) is 11.4 Å². The predicted octanol–water partition coefficient (Wildman–Crippen LogP) is 3.82. The fourth-order valence-corrected chi connectivity index (χ4v) is 3.28. The number of aliphatic imine (C=N–C) groups is 1. The van der Waals surface area contributed by atoms with Crippen LogP contribution in [0.1, 0.15) is 11.3 Å². The van der Waals surface area contributed by atoms with Gasteiger partial charge in [0.25, 0.3) is 5.91 Å².